The molecule has 0 unspecified atom stereocenters. The van der Waals surface area contributed by atoms with Crippen molar-refractivity contribution in [2.45, 2.75) is 12.8 Å². The van der Waals surface area contributed by atoms with Gasteiger partial charge in [-0.2, -0.15) is 0 Å². The van der Waals surface area contributed by atoms with Crippen LogP contribution in [0.15, 0.2) is 36.5 Å². The van der Waals surface area contributed by atoms with E-state index in [4.69, 9.17) is 0 Å². The molecule has 124 valence electrons. The smallest absolute Gasteiger partial charge is 0.293 e. The van der Waals surface area contributed by atoms with Crippen LogP contribution in [0.1, 0.15) is 23.2 Å². The minimum absolute atomic E-state index is 0.00812. The number of hydrogen-bond acceptors (Lipinski definition) is 6. The molecular weight excluding hydrogens is 312 g/mol. The number of amides is 1. The molecular formula is C16H16N4O4. The minimum Gasteiger partial charge on any atom is -0.504 e. The van der Waals surface area contributed by atoms with E-state index in [-0.39, 0.29) is 22.8 Å². The standard InChI is InChI=1S/C16H16N4O4/c21-14-4-3-7-17-15(14)18-16(22)11-5-6-12(13(10-11)20(23)24)19-8-1-2-9-19/h3-7,10,21H,1-2,8-9H2,(H,17,18,22). The van der Waals surface area contributed by atoms with Gasteiger partial charge < -0.3 is 15.3 Å². The van der Waals surface area contributed by atoms with Gasteiger partial charge in [-0.15, -0.1) is 0 Å². The predicted molar refractivity (Wildman–Crippen MR) is 88.4 cm³/mol. The second-order valence-corrected chi connectivity index (χ2v) is 5.48. The van der Waals surface area contributed by atoms with Crippen LogP contribution in [-0.4, -0.2) is 34.0 Å². The van der Waals surface area contributed by atoms with Gasteiger partial charge in [0.1, 0.15) is 5.69 Å². The Morgan fingerprint density at radius 3 is 2.71 bits per heavy atom. The molecule has 2 aromatic rings. The number of carbonyl (C=O) groups excluding carboxylic acids is 1. The van der Waals surface area contributed by atoms with E-state index in [1.54, 1.807) is 6.07 Å². The highest BCUT2D eigenvalue weighted by Crippen LogP contribution is 2.32. The predicted octanol–water partition coefficient (Wildman–Crippen LogP) is 2.55. The summed E-state index contributed by atoms with van der Waals surface area (Å²) in [7, 11) is 0. The van der Waals surface area contributed by atoms with Gasteiger partial charge in [-0.05, 0) is 37.1 Å². The molecule has 1 saturated heterocycles. The molecule has 0 radical (unpaired) electrons. The first kappa shape index (κ1) is 15.7. The normalized spacial score (nSPS) is 13.8. The Bertz CT molecular complexity index is 787. The van der Waals surface area contributed by atoms with Gasteiger partial charge >= 0.3 is 0 Å². The van der Waals surface area contributed by atoms with Crippen molar-refractivity contribution in [2.24, 2.45) is 0 Å². The third kappa shape index (κ3) is 3.12. The summed E-state index contributed by atoms with van der Waals surface area (Å²) in [5.41, 5.74) is 0.555. The number of hydrogen-bond donors (Lipinski definition) is 2. The number of nitro benzene ring substituents is 1. The Labute approximate surface area is 137 Å². The van der Waals surface area contributed by atoms with Crippen LogP contribution in [0.2, 0.25) is 0 Å². The van der Waals surface area contributed by atoms with Crippen molar-refractivity contribution in [3.63, 3.8) is 0 Å². The first-order valence-electron chi connectivity index (χ1n) is 7.55. The van der Waals surface area contributed by atoms with E-state index in [1.165, 1.54) is 30.5 Å². The van der Waals surface area contributed by atoms with Gasteiger partial charge in [0.25, 0.3) is 11.6 Å². The van der Waals surface area contributed by atoms with Gasteiger partial charge in [0, 0.05) is 30.9 Å². The van der Waals surface area contributed by atoms with Crippen LogP contribution in [-0.2, 0) is 0 Å². The summed E-state index contributed by atoms with van der Waals surface area (Å²) >= 11 is 0. The summed E-state index contributed by atoms with van der Waals surface area (Å²) in [4.78, 5) is 29.0. The molecule has 1 aliphatic heterocycles. The quantitative estimate of drug-likeness (QED) is 0.659. The van der Waals surface area contributed by atoms with Gasteiger partial charge in [-0.3, -0.25) is 14.9 Å². The number of anilines is 2. The number of benzene rings is 1. The van der Waals surface area contributed by atoms with E-state index >= 15 is 0 Å². The van der Waals surface area contributed by atoms with Crippen molar-refractivity contribution in [2.75, 3.05) is 23.3 Å². The van der Waals surface area contributed by atoms with Crippen molar-refractivity contribution in [3.8, 4) is 5.75 Å². The third-order valence-corrected chi connectivity index (χ3v) is 3.90. The van der Waals surface area contributed by atoms with E-state index in [2.05, 4.69) is 10.3 Å². The maximum Gasteiger partial charge on any atom is 0.293 e. The molecule has 24 heavy (non-hydrogen) atoms. The van der Waals surface area contributed by atoms with E-state index in [0.29, 0.717) is 5.69 Å². The highest BCUT2D eigenvalue weighted by molar-refractivity contribution is 6.05. The Morgan fingerprint density at radius 1 is 1.29 bits per heavy atom. The topological polar surface area (TPSA) is 109 Å². The third-order valence-electron chi connectivity index (χ3n) is 3.90. The lowest BCUT2D eigenvalue weighted by atomic mass is 10.1. The van der Waals surface area contributed by atoms with Gasteiger partial charge in [0.15, 0.2) is 11.6 Å². The molecule has 8 nitrogen and oxygen atoms in total. The van der Waals surface area contributed by atoms with Gasteiger partial charge in [0.05, 0.1) is 4.92 Å². The largest absolute Gasteiger partial charge is 0.504 e. The summed E-state index contributed by atoms with van der Waals surface area (Å²) < 4.78 is 0. The molecule has 1 aromatic heterocycles. The van der Waals surface area contributed by atoms with Crippen molar-refractivity contribution in [1.29, 1.82) is 0 Å². The molecule has 2 heterocycles. The second-order valence-electron chi connectivity index (χ2n) is 5.48. The molecule has 8 heteroatoms. The number of carbonyl (C=O) groups is 1. The van der Waals surface area contributed by atoms with E-state index in [9.17, 15) is 20.0 Å². The zero-order chi connectivity index (χ0) is 17.1. The first-order valence-corrected chi connectivity index (χ1v) is 7.55. The van der Waals surface area contributed by atoms with Crippen LogP contribution < -0.4 is 10.2 Å². The van der Waals surface area contributed by atoms with E-state index < -0.39 is 10.8 Å². The first-order chi connectivity index (χ1) is 11.6. The van der Waals surface area contributed by atoms with Crippen molar-refractivity contribution >= 4 is 23.1 Å². The molecule has 1 aliphatic rings. The number of aromatic hydroxyl groups is 1. The highest BCUT2D eigenvalue weighted by atomic mass is 16.6. The zero-order valence-corrected chi connectivity index (χ0v) is 12.8. The lowest BCUT2D eigenvalue weighted by molar-refractivity contribution is -0.384. The number of nitro groups is 1. The molecule has 1 fully saturated rings. The van der Waals surface area contributed by atoms with Crippen molar-refractivity contribution < 1.29 is 14.8 Å². The minimum atomic E-state index is -0.569. The van der Waals surface area contributed by atoms with Gasteiger partial charge in [0.2, 0.25) is 0 Å². The van der Waals surface area contributed by atoms with Crippen LogP contribution >= 0.6 is 0 Å². The second kappa shape index (κ2) is 6.53. The molecule has 0 aliphatic carbocycles. The zero-order valence-electron chi connectivity index (χ0n) is 12.8. The van der Waals surface area contributed by atoms with Crippen LogP contribution in [0.4, 0.5) is 17.2 Å². The Morgan fingerprint density at radius 2 is 2.04 bits per heavy atom. The molecule has 0 saturated carbocycles. The average Bonchev–Trinajstić information content (AvgIpc) is 3.10. The van der Waals surface area contributed by atoms with Gasteiger partial charge in [-0.25, -0.2) is 4.98 Å². The molecule has 0 spiro atoms. The fraction of sp³-hybridized carbons (Fsp3) is 0.250. The number of aromatic nitrogens is 1. The fourth-order valence-electron chi connectivity index (χ4n) is 2.71. The number of rotatable bonds is 4. The Hall–Kier alpha value is -3.16. The molecule has 2 N–H and O–H groups in total. The molecule has 3 rings (SSSR count). The number of nitrogens with one attached hydrogen (secondary N) is 1. The van der Waals surface area contributed by atoms with E-state index in [1.807, 2.05) is 4.90 Å². The van der Waals surface area contributed by atoms with Crippen LogP contribution in [0.5, 0.6) is 5.75 Å². The average molecular weight is 328 g/mol. The SMILES string of the molecule is O=C(Nc1ncccc1O)c1ccc(N2CCCC2)c([N+](=O)[O-])c1. The highest BCUT2D eigenvalue weighted by Gasteiger charge is 2.24. The van der Waals surface area contributed by atoms with E-state index in [0.717, 1.165) is 25.9 Å². The van der Waals surface area contributed by atoms with Crippen LogP contribution in [0.25, 0.3) is 0 Å². The molecule has 1 aromatic carbocycles. The fourth-order valence-corrected chi connectivity index (χ4v) is 2.71. The lowest BCUT2D eigenvalue weighted by Gasteiger charge is -2.17. The number of pyridine rings is 1. The summed E-state index contributed by atoms with van der Waals surface area (Å²) in [6.45, 7) is 1.54. The summed E-state index contributed by atoms with van der Waals surface area (Å²) in [5, 5.41) is 23.5. The maximum absolute atomic E-state index is 12.3. The van der Waals surface area contributed by atoms with Crippen LogP contribution in [0.3, 0.4) is 0 Å². The van der Waals surface area contributed by atoms with Crippen molar-refractivity contribution in [3.05, 3.63) is 52.2 Å². The summed E-state index contributed by atoms with van der Waals surface area (Å²) in [6, 6.07) is 7.30. The summed E-state index contributed by atoms with van der Waals surface area (Å²) in [5.74, 6) is -0.733. The maximum atomic E-state index is 12.3. The molecule has 0 bridgehead atoms. The monoisotopic (exact) mass is 328 g/mol. The molecule has 0 atom stereocenters. The van der Waals surface area contributed by atoms with Crippen LogP contribution in [0, 0.1) is 10.1 Å². The summed E-state index contributed by atoms with van der Waals surface area (Å²) in [6.07, 6.45) is 3.42. The lowest BCUT2D eigenvalue weighted by Crippen LogP contribution is -2.20. The number of nitrogens with zero attached hydrogens (tertiary/aromatic N) is 3. The van der Waals surface area contributed by atoms with Crippen molar-refractivity contribution in [1.82, 2.24) is 4.98 Å². The Balaban J connectivity index is 1.88. The Kier molecular flexibility index (Phi) is 4.28. The van der Waals surface area contributed by atoms with Gasteiger partial charge in [-0.1, -0.05) is 0 Å². The molecule has 1 amide bonds.